The second kappa shape index (κ2) is 8.08. The summed E-state index contributed by atoms with van der Waals surface area (Å²) in [5.74, 6) is -0.766. The van der Waals surface area contributed by atoms with Gasteiger partial charge in [-0.3, -0.25) is 9.59 Å². The van der Waals surface area contributed by atoms with Crippen LogP contribution in [-0.2, 0) is 16.6 Å². The number of fused-ring (bicyclic) bond motifs is 1. The summed E-state index contributed by atoms with van der Waals surface area (Å²) < 4.78 is 7.13. The van der Waals surface area contributed by atoms with Gasteiger partial charge in [-0.2, -0.15) is 0 Å². The molecule has 0 spiro atoms. The number of aromatic nitrogens is 1. The highest BCUT2D eigenvalue weighted by molar-refractivity contribution is 7.12. The van der Waals surface area contributed by atoms with E-state index < -0.39 is 5.97 Å². The highest BCUT2D eigenvalue weighted by Crippen LogP contribution is 2.21. The summed E-state index contributed by atoms with van der Waals surface area (Å²) in [6.45, 7) is 1.50. The van der Waals surface area contributed by atoms with E-state index in [-0.39, 0.29) is 18.4 Å². The molecule has 3 aromatic rings. The molecule has 0 bridgehead atoms. The molecule has 7 nitrogen and oxygen atoms in total. The first-order valence-electron chi connectivity index (χ1n) is 9.36. The van der Waals surface area contributed by atoms with Crippen molar-refractivity contribution in [1.29, 1.82) is 0 Å². The Morgan fingerprint density at radius 1 is 1.00 bits per heavy atom. The topological polar surface area (TPSA) is 71.8 Å². The summed E-state index contributed by atoms with van der Waals surface area (Å²) in [7, 11) is 1.86. The van der Waals surface area contributed by atoms with E-state index in [1.807, 2.05) is 47.3 Å². The second-order valence-electron chi connectivity index (χ2n) is 6.90. The van der Waals surface area contributed by atoms with Gasteiger partial charge in [-0.15, -0.1) is 11.3 Å². The van der Waals surface area contributed by atoms with Gasteiger partial charge in [0.05, 0.1) is 10.4 Å². The Morgan fingerprint density at radius 2 is 1.72 bits per heavy atom. The van der Waals surface area contributed by atoms with Gasteiger partial charge in [-0.25, -0.2) is 4.79 Å². The number of benzene rings is 1. The minimum Gasteiger partial charge on any atom is -0.452 e. The lowest BCUT2D eigenvalue weighted by Gasteiger charge is -2.34. The van der Waals surface area contributed by atoms with Crippen molar-refractivity contribution in [3.63, 3.8) is 0 Å². The van der Waals surface area contributed by atoms with E-state index in [1.54, 1.807) is 22.1 Å². The lowest BCUT2D eigenvalue weighted by atomic mass is 10.2. The fourth-order valence-electron chi connectivity index (χ4n) is 3.52. The molecule has 29 heavy (non-hydrogen) atoms. The maximum absolute atomic E-state index is 12.5. The van der Waals surface area contributed by atoms with E-state index in [0.29, 0.717) is 36.6 Å². The van der Waals surface area contributed by atoms with Crippen molar-refractivity contribution in [2.45, 2.75) is 0 Å². The smallest absolute Gasteiger partial charge is 0.340 e. The number of hydrogen-bond donors (Lipinski definition) is 0. The van der Waals surface area contributed by atoms with Gasteiger partial charge in [0.1, 0.15) is 0 Å². The average molecular weight is 411 g/mol. The summed E-state index contributed by atoms with van der Waals surface area (Å²) in [5, 5.41) is 2.67. The number of carbonyl (C=O) groups is 3. The van der Waals surface area contributed by atoms with E-state index in [0.717, 1.165) is 10.9 Å². The van der Waals surface area contributed by atoms with Crippen LogP contribution in [-0.4, -0.2) is 64.9 Å². The van der Waals surface area contributed by atoms with Gasteiger partial charge >= 0.3 is 5.97 Å². The van der Waals surface area contributed by atoms with Crippen molar-refractivity contribution >= 4 is 40.0 Å². The molecule has 2 aromatic heterocycles. The van der Waals surface area contributed by atoms with Gasteiger partial charge in [0, 0.05) is 50.3 Å². The molecule has 1 aromatic carbocycles. The van der Waals surface area contributed by atoms with Gasteiger partial charge < -0.3 is 19.1 Å². The first-order valence-corrected chi connectivity index (χ1v) is 10.2. The number of para-hydroxylation sites is 1. The molecule has 150 valence electrons. The van der Waals surface area contributed by atoms with Crippen LogP contribution in [0.25, 0.3) is 10.9 Å². The molecule has 0 saturated carbocycles. The van der Waals surface area contributed by atoms with E-state index in [9.17, 15) is 14.4 Å². The fourth-order valence-corrected chi connectivity index (χ4v) is 4.21. The van der Waals surface area contributed by atoms with E-state index in [2.05, 4.69) is 0 Å². The van der Waals surface area contributed by atoms with Crippen LogP contribution in [0.1, 0.15) is 20.0 Å². The van der Waals surface area contributed by atoms with Crippen LogP contribution in [0.5, 0.6) is 0 Å². The van der Waals surface area contributed by atoms with Crippen LogP contribution >= 0.6 is 11.3 Å². The third-order valence-electron chi connectivity index (χ3n) is 5.10. The quantitative estimate of drug-likeness (QED) is 0.618. The Hall–Kier alpha value is -3.13. The highest BCUT2D eigenvalue weighted by atomic mass is 32.1. The maximum atomic E-state index is 12.5. The molecule has 1 aliphatic rings. The van der Waals surface area contributed by atoms with Gasteiger partial charge in [-0.05, 0) is 17.5 Å². The number of thiophene rings is 1. The van der Waals surface area contributed by atoms with Crippen molar-refractivity contribution in [1.82, 2.24) is 14.4 Å². The largest absolute Gasteiger partial charge is 0.452 e. The van der Waals surface area contributed by atoms with Crippen molar-refractivity contribution in [2.24, 2.45) is 7.05 Å². The molecular weight excluding hydrogens is 390 g/mol. The monoisotopic (exact) mass is 411 g/mol. The first kappa shape index (κ1) is 19.2. The molecule has 0 N–H and O–H groups in total. The van der Waals surface area contributed by atoms with E-state index in [1.165, 1.54) is 11.3 Å². The fraction of sp³-hybridized carbons (Fsp3) is 0.286. The number of ether oxygens (including phenoxy) is 1. The van der Waals surface area contributed by atoms with Crippen LogP contribution in [0.4, 0.5) is 0 Å². The van der Waals surface area contributed by atoms with Crippen LogP contribution < -0.4 is 0 Å². The van der Waals surface area contributed by atoms with Crippen molar-refractivity contribution in [2.75, 3.05) is 32.8 Å². The van der Waals surface area contributed by atoms with Crippen molar-refractivity contribution in [3.8, 4) is 0 Å². The van der Waals surface area contributed by atoms with Crippen molar-refractivity contribution in [3.05, 3.63) is 58.4 Å². The lowest BCUT2D eigenvalue weighted by Crippen LogP contribution is -2.51. The molecule has 2 amide bonds. The zero-order chi connectivity index (χ0) is 20.4. The first-order chi connectivity index (χ1) is 14.0. The number of esters is 1. The zero-order valence-electron chi connectivity index (χ0n) is 16.0. The molecule has 3 heterocycles. The normalized spacial score (nSPS) is 14.2. The molecule has 1 fully saturated rings. The Balaban J connectivity index is 1.31. The molecule has 4 rings (SSSR count). The predicted octanol–water partition coefficient (Wildman–Crippen LogP) is 2.38. The number of amides is 2. The minimum absolute atomic E-state index is 0.00511. The van der Waals surface area contributed by atoms with E-state index in [4.69, 9.17) is 4.74 Å². The highest BCUT2D eigenvalue weighted by Gasteiger charge is 2.26. The zero-order valence-corrected chi connectivity index (χ0v) is 16.9. The Bertz CT molecular complexity index is 1050. The van der Waals surface area contributed by atoms with E-state index >= 15 is 0 Å². The molecule has 1 aliphatic heterocycles. The third kappa shape index (κ3) is 3.88. The summed E-state index contributed by atoms with van der Waals surface area (Å²) in [4.78, 5) is 41.4. The Kier molecular flexibility index (Phi) is 5.35. The lowest BCUT2D eigenvalue weighted by molar-refractivity contribution is -0.136. The van der Waals surface area contributed by atoms with Crippen molar-refractivity contribution < 1.29 is 19.1 Å². The van der Waals surface area contributed by atoms with Gasteiger partial charge in [-0.1, -0.05) is 24.3 Å². The molecule has 0 atom stereocenters. The summed E-state index contributed by atoms with van der Waals surface area (Å²) >= 11 is 1.41. The van der Waals surface area contributed by atoms with Gasteiger partial charge in [0.2, 0.25) is 0 Å². The van der Waals surface area contributed by atoms with Gasteiger partial charge in [0.15, 0.2) is 6.61 Å². The molecular formula is C21H21N3O4S. The van der Waals surface area contributed by atoms with Gasteiger partial charge in [0.25, 0.3) is 11.8 Å². The molecule has 8 heteroatoms. The molecule has 1 saturated heterocycles. The summed E-state index contributed by atoms with van der Waals surface area (Å²) in [5.41, 5.74) is 1.37. The SMILES string of the molecule is Cn1cc(C(=O)OCC(=O)N2CCN(C(=O)c3cccs3)CC2)c2ccccc21. The second-order valence-corrected chi connectivity index (χ2v) is 7.84. The summed E-state index contributed by atoms with van der Waals surface area (Å²) in [6.07, 6.45) is 1.71. The predicted molar refractivity (Wildman–Crippen MR) is 110 cm³/mol. The number of carbonyl (C=O) groups excluding carboxylic acids is 3. The van der Waals surface area contributed by atoms with Crippen LogP contribution in [0.2, 0.25) is 0 Å². The molecule has 0 aliphatic carbocycles. The van der Waals surface area contributed by atoms with Crippen LogP contribution in [0.15, 0.2) is 48.0 Å². The molecule has 0 unspecified atom stereocenters. The van der Waals surface area contributed by atoms with Crippen LogP contribution in [0, 0.1) is 0 Å². The third-order valence-corrected chi connectivity index (χ3v) is 5.95. The maximum Gasteiger partial charge on any atom is 0.340 e. The summed E-state index contributed by atoms with van der Waals surface area (Å²) in [6, 6.07) is 11.2. The minimum atomic E-state index is -0.512. The number of nitrogens with zero attached hydrogens (tertiary/aromatic N) is 3. The number of aryl methyl sites for hydroxylation is 1. The average Bonchev–Trinajstić information content (AvgIpc) is 3.40. The Labute approximate surface area is 172 Å². The standard InChI is InChI=1S/C21H21N3O4S/c1-22-13-16(15-5-2-3-6-17(15)22)21(27)28-14-19(25)23-8-10-24(11-9-23)20(26)18-7-4-12-29-18/h2-7,12-13H,8-11,14H2,1H3. The number of piperazine rings is 1. The van der Waals surface area contributed by atoms with Crippen LogP contribution in [0.3, 0.4) is 0 Å². The number of rotatable bonds is 4. The molecule has 0 radical (unpaired) electrons. The Morgan fingerprint density at radius 3 is 2.45 bits per heavy atom. The number of hydrogen-bond acceptors (Lipinski definition) is 5.